The van der Waals surface area contributed by atoms with Gasteiger partial charge in [-0.1, -0.05) is 12.1 Å². The van der Waals surface area contributed by atoms with Crippen molar-refractivity contribution in [2.45, 2.75) is 12.8 Å². The highest BCUT2D eigenvalue weighted by Crippen LogP contribution is 2.11. The minimum atomic E-state index is -0.236. The maximum Gasteiger partial charge on any atom is 0.319 e. The standard InChI is InChI=1S/C13H20N2O2S/c1-18-10-7-11-3-5-12(6-4-11)15-13(17)14-8-2-9-16/h3-6,16H,2,7-10H2,1H3,(H2,14,15,17). The van der Waals surface area contributed by atoms with E-state index < -0.39 is 0 Å². The monoisotopic (exact) mass is 268 g/mol. The highest BCUT2D eigenvalue weighted by atomic mass is 32.2. The Morgan fingerprint density at radius 1 is 1.33 bits per heavy atom. The number of anilines is 1. The molecule has 2 amide bonds. The van der Waals surface area contributed by atoms with Crippen LogP contribution in [0.2, 0.25) is 0 Å². The quantitative estimate of drug-likeness (QED) is 0.664. The van der Waals surface area contributed by atoms with Crippen LogP contribution in [0.5, 0.6) is 0 Å². The van der Waals surface area contributed by atoms with Gasteiger partial charge in [0.05, 0.1) is 0 Å². The molecule has 3 N–H and O–H groups in total. The number of urea groups is 1. The summed E-state index contributed by atoms with van der Waals surface area (Å²) in [5.74, 6) is 1.11. The molecule has 0 aliphatic heterocycles. The van der Waals surface area contributed by atoms with E-state index in [2.05, 4.69) is 16.9 Å². The lowest BCUT2D eigenvalue weighted by Crippen LogP contribution is -2.29. The van der Waals surface area contributed by atoms with Gasteiger partial charge < -0.3 is 15.7 Å². The van der Waals surface area contributed by atoms with Gasteiger partial charge in [0.25, 0.3) is 0 Å². The average molecular weight is 268 g/mol. The van der Waals surface area contributed by atoms with E-state index in [4.69, 9.17) is 5.11 Å². The molecule has 100 valence electrons. The van der Waals surface area contributed by atoms with Crippen molar-refractivity contribution in [1.82, 2.24) is 5.32 Å². The number of carbonyl (C=O) groups is 1. The normalized spacial score (nSPS) is 10.1. The summed E-state index contributed by atoms with van der Waals surface area (Å²) >= 11 is 1.82. The number of carbonyl (C=O) groups excluding carboxylic acids is 1. The van der Waals surface area contributed by atoms with Crippen molar-refractivity contribution in [1.29, 1.82) is 0 Å². The first-order chi connectivity index (χ1) is 8.76. The predicted octanol–water partition coefficient (Wildman–Crippen LogP) is 2.10. The summed E-state index contributed by atoms with van der Waals surface area (Å²) in [5.41, 5.74) is 2.06. The number of rotatable bonds is 7. The fourth-order valence-electron chi connectivity index (χ4n) is 1.43. The van der Waals surface area contributed by atoms with E-state index in [0.29, 0.717) is 13.0 Å². The molecule has 0 saturated heterocycles. The van der Waals surface area contributed by atoms with Crippen molar-refractivity contribution in [2.24, 2.45) is 0 Å². The Hall–Kier alpha value is -1.20. The van der Waals surface area contributed by atoms with Crippen molar-refractivity contribution >= 4 is 23.5 Å². The molecule has 0 saturated carbocycles. The predicted molar refractivity (Wildman–Crippen MR) is 77.3 cm³/mol. The number of nitrogens with one attached hydrogen (secondary N) is 2. The molecule has 0 heterocycles. The molecule has 4 nitrogen and oxygen atoms in total. The van der Waals surface area contributed by atoms with Crippen LogP contribution in [0.1, 0.15) is 12.0 Å². The van der Waals surface area contributed by atoms with E-state index in [1.807, 2.05) is 36.0 Å². The molecule has 0 aliphatic rings. The molecule has 0 unspecified atom stereocenters. The first-order valence-corrected chi connectivity index (χ1v) is 7.39. The van der Waals surface area contributed by atoms with Gasteiger partial charge in [-0.3, -0.25) is 0 Å². The summed E-state index contributed by atoms with van der Waals surface area (Å²) in [4.78, 5) is 11.4. The number of amides is 2. The number of hydrogen-bond acceptors (Lipinski definition) is 3. The lowest BCUT2D eigenvalue weighted by molar-refractivity contribution is 0.249. The third kappa shape index (κ3) is 5.93. The summed E-state index contributed by atoms with van der Waals surface area (Å²) in [6.07, 6.45) is 3.71. The van der Waals surface area contributed by atoms with Gasteiger partial charge in [0.1, 0.15) is 0 Å². The van der Waals surface area contributed by atoms with Crippen molar-refractivity contribution in [3.63, 3.8) is 0 Å². The first-order valence-electron chi connectivity index (χ1n) is 6.00. The molecule has 0 bridgehead atoms. The Bertz CT molecular complexity index is 355. The van der Waals surface area contributed by atoms with Crippen LogP contribution < -0.4 is 10.6 Å². The lowest BCUT2D eigenvalue weighted by Gasteiger charge is -2.07. The second-order valence-corrected chi connectivity index (χ2v) is 4.88. The average Bonchev–Trinajstić information content (AvgIpc) is 2.38. The molecule has 0 atom stereocenters. The molecule has 5 heteroatoms. The third-order valence-electron chi connectivity index (χ3n) is 2.43. The molecule has 0 aromatic heterocycles. The summed E-state index contributed by atoms with van der Waals surface area (Å²) < 4.78 is 0. The summed E-state index contributed by atoms with van der Waals surface area (Å²) in [6, 6.07) is 7.63. The van der Waals surface area contributed by atoms with E-state index >= 15 is 0 Å². The van der Waals surface area contributed by atoms with Gasteiger partial charge in [-0.25, -0.2) is 4.79 Å². The van der Waals surface area contributed by atoms with Crippen LogP contribution in [0.25, 0.3) is 0 Å². The highest BCUT2D eigenvalue weighted by Gasteiger charge is 2.00. The van der Waals surface area contributed by atoms with Gasteiger partial charge in [-0.2, -0.15) is 11.8 Å². The fraction of sp³-hybridized carbons (Fsp3) is 0.462. The molecule has 0 fully saturated rings. The Morgan fingerprint density at radius 3 is 2.67 bits per heavy atom. The molecule has 1 rings (SSSR count). The summed E-state index contributed by atoms with van der Waals surface area (Å²) in [6.45, 7) is 0.568. The zero-order valence-corrected chi connectivity index (χ0v) is 11.4. The Kier molecular flexibility index (Phi) is 7.29. The molecule has 1 aromatic carbocycles. The summed E-state index contributed by atoms with van der Waals surface area (Å²) in [7, 11) is 0. The van der Waals surface area contributed by atoms with Crippen molar-refractivity contribution in [3.05, 3.63) is 29.8 Å². The Morgan fingerprint density at radius 2 is 2.06 bits per heavy atom. The van der Waals surface area contributed by atoms with Gasteiger partial charge in [0.15, 0.2) is 0 Å². The van der Waals surface area contributed by atoms with Crippen LogP contribution in [-0.2, 0) is 6.42 Å². The van der Waals surface area contributed by atoms with Crippen molar-refractivity contribution in [3.8, 4) is 0 Å². The van der Waals surface area contributed by atoms with Gasteiger partial charge in [0, 0.05) is 18.8 Å². The van der Waals surface area contributed by atoms with E-state index in [1.165, 1.54) is 5.56 Å². The maximum atomic E-state index is 11.4. The summed E-state index contributed by atoms with van der Waals surface area (Å²) in [5, 5.41) is 14.0. The van der Waals surface area contributed by atoms with Crippen LogP contribution in [0.15, 0.2) is 24.3 Å². The highest BCUT2D eigenvalue weighted by molar-refractivity contribution is 7.98. The molecule has 18 heavy (non-hydrogen) atoms. The lowest BCUT2D eigenvalue weighted by atomic mass is 10.1. The minimum absolute atomic E-state index is 0.0877. The second kappa shape index (κ2) is 8.83. The van der Waals surface area contributed by atoms with Crippen LogP contribution >= 0.6 is 11.8 Å². The Labute approximate surface area is 112 Å². The zero-order valence-electron chi connectivity index (χ0n) is 10.6. The first kappa shape index (κ1) is 14.9. The number of benzene rings is 1. The SMILES string of the molecule is CSCCc1ccc(NC(=O)NCCCO)cc1. The van der Waals surface area contributed by atoms with Crippen molar-refractivity contribution in [2.75, 3.05) is 30.5 Å². The third-order valence-corrected chi connectivity index (χ3v) is 3.04. The van der Waals surface area contributed by atoms with Gasteiger partial charge >= 0.3 is 6.03 Å². The number of aliphatic hydroxyl groups is 1. The minimum Gasteiger partial charge on any atom is -0.396 e. The molecular formula is C13H20N2O2S. The van der Waals surface area contributed by atoms with Crippen molar-refractivity contribution < 1.29 is 9.90 Å². The zero-order chi connectivity index (χ0) is 13.2. The van der Waals surface area contributed by atoms with E-state index in [1.54, 1.807) is 0 Å². The van der Waals surface area contributed by atoms with Crippen LogP contribution in [0, 0.1) is 0 Å². The van der Waals surface area contributed by atoms with Gasteiger partial charge in [0.2, 0.25) is 0 Å². The van der Waals surface area contributed by atoms with E-state index in [-0.39, 0.29) is 12.6 Å². The number of hydrogen-bond donors (Lipinski definition) is 3. The van der Waals surface area contributed by atoms with E-state index in [9.17, 15) is 4.79 Å². The maximum absolute atomic E-state index is 11.4. The molecule has 0 radical (unpaired) electrons. The molecule has 0 aliphatic carbocycles. The molecule has 1 aromatic rings. The Balaban J connectivity index is 2.35. The van der Waals surface area contributed by atoms with Crippen LogP contribution in [-0.4, -0.2) is 36.3 Å². The molecule has 0 spiro atoms. The number of aliphatic hydroxyl groups excluding tert-OH is 1. The van der Waals surface area contributed by atoms with Gasteiger partial charge in [-0.15, -0.1) is 0 Å². The smallest absolute Gasteiger partial charge is 0.319 e. The van der Waals surface area contributed by atoms with Crippen LogP contribution in [0.3, 0.4) is 0 Å². The fourth-order valence-corrected chi connectivity index (χ4v) is 1.87. The second-order valence-electron chi connectivity index (χ2n) is 3.90. The largest absolute Gasteiger partial charge is 0.396 e. The van der Waals surface area contributed by atoms with Gasteiger partial charge in [-0.05, 0) is 42.5 Å². The molecular weight excluding hydrogens is 248 g/mol. The number of aryl methyl sites for hydroxylation is 1. The van der Waals surface area contributed by atoms with E-state index in [0.717, 1.165) is 17.9 Å². The van der Waals surface area contributed by atoms with Crippen LogP contribution in [0.4, 0.5) is 10.5 Å². The topological polar surface area (TPSA) is 61.4 Å². The number of thioether (sulfide) groups is 1.